The molecule has 1 unspecified atom stereocenters. The van der Waals surface area contributed by atoms with Gasteiger partial charge in [0.05, 0.1) is 9.40 Å². The predicted octanol–water partition coefficient (Wildman–Crippen LogP) is 3.32. The fourth-order valence-electron chi connectivity index (χ4n) is 2.87. The minimum atomic E-state index is -0.357. The molecule has 1 N–H and O–H groups in total. The van der Waals surface area contributed by atoms with E-state index >= 15 is 0 Å². The van der Waals surface area contributed by atoms with Crippen LogP contribution in [0.15, 0.2) is 47.2 Å². The van der Waals surface area contributed by atoms with E-state index in [0.717, 1.165) is 30.8 Å². The summed E-state index contributed by atoms with van der Waals surface area (Å²) in [6, 6.07) is 9.55. The van der Waals surface area contributed by atoms with Crippen LogP contribution in [0.3, 0.4) is 0 Å². The number of nitrogens with zero attached hydrogens (tertiary/aromatic N) is 3. The number of halogens is 2. The second kappa shape index (κ2) is 8.53. The van der Waals surface area contributed by atoms with Crippen molar-refractivity contribution in [1.29, 1.82) is 0 Å². The fourth-order valence-corrected chi connectivity index (χ4v) is 3.26. The van der Waals surface area contributed by atoms with Gasteiger partial charge in [-0.25, -0.2) is 0 Å². The number of nitrogens with one attached hydrogen (secondary N) is 1. The summed E-state index contributed by atoms with van der Waals surface area (Å²) in [5.41, 5.74) is 2.21. The number of aromatic nitrogens is 1. The van der Waals surface area contributed by atoms with Crippen LogP contribution in [-0.2, 0) is 6.54 Å². The third-order valence-electron chi connectivity index (χ3n) is 4.02. The lowest BCUT2D eigenvalue weighted by Crippen LogP contribution is -2.45. The van der Waals surface area contributed by atoms with E-state index in [-0.39, 0.29) is 29.1 Å². The Kier molecular flexibility index (Phi) is 6.68. The largest absolute Gasteiger partial charge is 0.314 e. The maximum Gasteiger partial charge on any atom is 0.283 e. The molecule has 1 aliphatic heterocycles. The highest BCUT2D eigenvalue weighted by Crippen LogP contribution is 2.28. The standard InChI is InChI=1S/C16H17BrN4O2.ClH/c17-14-4-3-12(8-15(14)21(22)23)11-20-7-6-19-10-16(20)13-2-1-5-18-9-13;/h1-5,8-9,16,19H,6-7,10-11H2;1H. The molecule has 1 aliphatic rings. The summed E-state index contributed by atoms with van der Waals surface area (Å²) in [5, 5.41) is 14.5. The molecule has 3 rings (SSSR count). The lowest BCUT2D eigenvalue weighted by atomic mass is 10.0. The van der Waals surface area contributed by atoms with Crippen LogP contribution in [0.1, 0.15) is 17.2 Å². The molecule has 6 nitrogen and oxygen atoms in total. The molecule has 0 saturated carbocycles. The average molecular weight is 414 g/mol. The van der Waals surface area contributed by atoms with E-state index in [4.69, 9.17) is 0 Å². The molecule has 1 fully saturated rings. The lowest BCUT2D eigenvalue weighted by molar-refractivity contribution is -0.385. The van der Waals surface area contributed by atoms with Crippen LogP contribution in [0.4, 0.5) is 5.69 Å². The van der Waals surface area contributed by atoms with E-state index in [0.29, 0.717) is 11.0 Å². The summed E-state index contributed by atoms with van der Waals surface area (Å²) < 4.78 is 0.510. The summed E-state index contributed by atoms with van der Waals surface area (Å²) >= 11 is 3.23. The molecule has 1 atom stereocenters. The molecule has 0 radical (unpaired) electrons. The third-order valence-corrected chi connectivity index (χ3v) is 4.69. The normalized spacial score (nSPS) is 18.0. The van der Waals surface area contributed by atoms with E-state index in [2.05, 4.69) is 37.2 Å². The SMILES string of the molecule is Cl.O=[N+]([O-])c1cc(CN2CCNCC2c2cccnc2)ccc1Br. The van der Waals surface area contributed by atoms with Gasteiger partial charge in [-0.2, -0.15) is 0 Å². The Morgan fingerprint density at radius 2 is 2.25 bits per heavy atom. The van der Waals surface area contributed by atoms with Crippen LogP contribution in [-0.4, -0.2) is 34.4 Å². The Morgan fingerprint density at radius 3 is 2.96 bits per heavy atom. The summed E-state index contributed by atoms with van der Waals surface area (Å²) in [4.78, 5) is 17.3. The molecule has 0 aliphatic carbocycles. The molecule has 0 amide bonds. The molecular weight excluding hydrogens is 396 g/mol. The summed E-state index contributed by atoms with van der Waals surface area (Å²) in [6.07, 6.45) is 3.65. The Morgan fingerprint density at radius 1 is 1.42 bits per heavy atom. The zero-order valence-electron chi connectivity index (χ0n) is 12.9. The van der Waals surface area contributed by atoms with Crippen LogP contribution in [0.2, 0.25) is 0 Å². The zero-order chi connectivity index (χ0) is 16.2. The van der Waals surface area contributed by atoms with Crippen LogP contribution >= 0.6 is 28.3 Å². The summed E-state index contributed by atoms with van der Waals surface area (Å²) in [7, 11) is 0. The Labute approximate surface area is 155 Å². The second-order valence-corrected chi connectivity index (χ2v) is 6.37. The minimum absolute atomic E-state index is 0. The first kappa shape index (κ1) is 18.8. The smallest absolute Gasteiger partial charge is 0.283 e. The highest BCUT2D eigenvalue weighted by Gasteiger charge is 2.24. The summed E-state index contributed by atoms with van der Waals surface area (Å²) in [6.45, 7) is 3.33. The van der Waals surface area contributed by atoms with E-state index in [9.17, 15) is 10.1 Å². The van der Waals surface area contributed by atoms with Gasteiger partial charge in [-0.15, -0.1) is 12.4 Å². The second-order valence-electron chi connectivity index (χ2n) is 5.52. The predicted molar refractivity (Wildman–Crippen MR) is 98.3 cm³/mol. The van der Waals surface area contributed by atoms with Crippen molar-refractivity contribution in [2.24, 2.45) is 0 Å². The molecule has 2 aromatic rings. The van der Waals surface area contributed by atoms with Gasteiger partial charge >= 0.3 is 0 Å². The molecule has 1 aromatic carbocycles. The first-order valence-electron chi connectivity index (χ1n) is 7.42. The number of nitro groups is 1. The van der Waals surface area contributed by atoms with E-state index in [1.54, 1.807) is 18.3 Å². The van der Waals surface area contributed by atoms with Crippen molar-refractivity contribution in [2.45, 2.75) is 12.6 Å². The van der Waals surface area contributed by atoms with E-state index in [1.807, 2.05) is 18.3 Å². The molecule has 24 heavy (non-hydrogen) atoms. The van der Waals surface area contributed by atoms with Crippen LogP contribution in [0.5, 0.6) is 0 Å². The molecule has 0 spiro atoms. The monoisotopic (exact) mass is 412 g/mol. The molecule has 0 bridgehead atoms. The highest BCUT2D eigenvalue weighted by molar-refractivity contribution is 9.10. The summed E-state index contributed by atoms with van der Waals surface area (Å²) in [5.74, 6) is 0. The average Bonchev–Trinajstić information content (AvgIpc) is 2.57. The first-order chi connectivity index (χ1) is 11.1. The maximum atomic E-state index is 11.1. The van der Waals surface area contributed by atoms with Crippen LogP contribution in [0.25, 0.3) is 0 Å². The molecule has 2 heterocycles. The van der Waals surface area contributed by atoms with Crippen molar-refractivity contribution in [1.82, 2.24) is 15.2 Å². The van der Waals surface area contributed by atoms with Crippen molar-refractivity contribution in [2.75, 3.05) is 19.6 Å². The molecule has 8 heteroatoms. The van der Waals surface area contributed by atoms with Gasteiger partial charge in [0.25, 0.3) is 5.69 Å². The van der Waals surface area contributed by atoms with Gasteiger partial charge in [-0.1, -0.05) is 12.1 Å². The minimum Gasteiger partial charge on any atom is -0.314 e. The molecule has 1 aromatic heterocycles. The number of pyridine rings is 1. The Balaban J connectivity index is 0.00000208. The van der Waals surface area contributed by atoms with Crippen molar-refractivity contribution in [3.8, 4) is 0 Å². The van der Waals surface area contributed by atoms with Gasteiger partial charge in [0.1, 0.15) is 0 Å². The number of hydrogen-bond acceptors (Lipinski definition) is 5. The lowest BCUT2D eigenvalue weighted by Gasteiger charge is -2.36. The number of piperazine rings is 1. The zero-order valence-corrected chi connectivity index (χ0v) is 15.3. The van der Waals surface area contributed by atoms with Gasteiger partial charge in [-0.3, -0.25) is 20.0 Å². The fraction of sp³-hybridized carbons (Fsp3) is 0.312. The maximum absolute atomic E-state index is 11.1. The highest BCUT2D eigenvalue weighted by atomic mass is 79.9. The van der Waals surface area contributed by atoms with Gasteiger partial charge in [0.2, 0.25) is 0 Å². The van der Waals surface area contributed by atoms with Crippen LogP contribution in [0, 0.1) is 10.1 Å². The molecular formula is C16H18BrClN4O2. The number of hydrogen-bond donors (Lipinski definition) is 1. The first-order valence-corrected chi connectivity index (χ1v) is 8.22. The van der Waals surface area contributed by atoms with Crippen LogP contribution < -0.4 is 5.32 Å². The number of nitro benzene ring substituents is 1. The van der Waals surface area contributed by atoms with E-state index < -0.39 is 0 Å². The number of rotatable bonds is 4. The van der Waals surface area contributed by atoms with Crippen molar-refractivity contribution >= 4 is 34.0 Å². The van der Waals surface area contributed by atoms with Gasteiger partial charge < -0.3 is 5.32 Å². The van der Waals surface area contributed by atoms with Crippen molar-refractivity contribution in [3.05, 3.63) is 68.4 Å². The van der Waals surface area contributed by atoms with Gasteiger partial charge in [0.15, 0.2) is 0 Å². The molecule has 128 valence electrons. The topological polar surface area (TPSA) is 71.3 Å². The van der Waals surface area contributed by atoms with Gasteiger partial charge in [0, 0.05) is 50.7 Å². The third kappa shape index (κ3) is 4.30. The Hall–Kier alpha value is -1.54. The quantitative estimate of drug-likeness (QED) is 0.615. The number of benzene rings is 1. The Bertz CT molecular complexity index is 702. The molecule has 1 saturated heterocycles. The van der Waals surface area contributed by atoms with Crippen molar-refractivity contribution in [3.63, 3.8) is 0 Å². The van der Waals surface area contributed by atoms with Gasteiger partial charge in [-0.05, 0) is 39.2 Å². The van der Waals surface area contributed by atoms with Crippen molar-refractivity contribution < 1.29 is 4.92 Å². The van der Waals surface area contributed by atoms with E-state index in [1.165, 1.54) is 0 Å².